The van der Waals surface area contributed by atoms with Crippen LogP contribution < -0.4 is 5.32 Å². The van der Waals surface area contributed by atoms with Gasteiger partial charge in [-0.25, -0.2) is 0 Å². The van der Waals surface area contributed by atoms with Gasteiger partial charge in [0.25, 0.3) is 0 Å². The average Bonchev–Trinajstić information content (AvgIpc) is 2.85. The first-order valence-electron chi connectivity index (χ1n) is 6.82. The van der Waals surface area contributed by atoms with Crippen LogP contribution in [0.3, 0.4) is 0 Å². The molecule has 3 heteroatoms. The standard InChI is InChI=1S/C15H24N2S/c1-4-18-14-7-5-12(6-8-14)15(17(2)3)13-9-10-16-11-13/h5-8,13,15-16H,4,9-11H2,1-3H3. The molecule has 0 bridgehead atoms. The molecule has 0 amide bonds. The monoisotopic (exact) mass is 264 g/mol. The Balaban J connectivity index is 2.14. The highest BCUT2D eigenvalue weighted by atomic mass is 32.2. The van der Waals surface area contributed by atoms with Crippen LogP contribution in [0.4, 0.5) is 0 Å². The van der Waals surface area contributed by atoms with E-state index in [1.807, 2.05) is 11.8 Å². The summed E-state index contributed by atoms with van der Waals surface area (Å²) in [6.07, 6.45) is 1.29. The van der Waals surface area contributed by atoms with Crippen LogP contribution in [0.25, 0.3) is 0 Å². The van der Waals surface area contributed by atoms with Gasteiger partial charge in [-0.05, 0) is 63.0 Å². The summed E-state index contributed by atoms with van der Waals surface area (Å²) in [6, 6.07) is 9.69. The Labute approximate surface area is 115 Å². The fourth-order valence-corrected chi connectivity index (χ4v) is 3.53. The molecule has 2 unspecified atom stereocenters. The highest BCUT2D eigenvalue weighted by Gasteiger charge is 2.27. The van der Waals surface area contributed by atoms with E-state index in [9.17, 15) is 0 Å². The van der Waals surface area contributed by atoms with Gasteiger partial charge in [0.15, 0.2) is 0 Å². The molecule has 1 heterocycles. The minimum atomic E-state index is 0.542. The van der Waals surface area contributed by atoms with Crippen molar-refractivity contribution >= 4 is 11.8 Å². The molecule has 0 spiro atoms. The molecule has 0 aromatic heterocycles. The fraction of sp³-hybridized carbons (Fsp3) is 0.600. The van der Waals surface area contributed by atoms with E-state index in [1.54, 1.807) is 0 Å². The van der Waals surface area contributed by atoms with Crippen molar-refractivity contribution in [1.29, 1.82) is 0 Å². The van der Waals surface area contributed by atoms with Crippen molar-refractivity contribution in [3.8, 4) is 0 Å². The Bertz CT molecular complexity index is 355. The summed E-state index contributed by atoms with van der Waals surface area (Å²) in [5, 5.41) is 3.48. The van der Waals surface area contributed by atoms with Crippen LogP contribution in [0.5, 0.6) is 0 Å². The largest absolute Gasteiger partial charge is 0.316 e. The second-order valence-electron chi connectivity index (χ2n) is 5.16. The molecule has 1 fully saturated rings. The molecule has 2 atom stereocenters. The van der Waals surface area contributed by atoms with Crippen LogP contribution in [0, 0.1) is 5.92 Å². The van der Waals surface area contributed by atoms with Crippen molar-refractivity contribution in [2.75, 3.05) is 32.9 Å². The Kier molecular flexibility index (Phi) is 5.10. The maximum atomic E-state index is 3.48. The van der Waals surface area contributed by atoms with Gasteiger partial charge in [-0.15, -0.1) is 11.8 Å². The minimum Gasteiger partial charge on any atom is -0.316 e. The molecule has 1 aliphatic heterocycles. The number of thioether (sulfide) groups is 1. The van der Waals surface area contributed by atoms with E-state index in [4.69, 9.17) is 0 Å². The topological polar surface area (TPSA) is 15.3 Å². The van der Waals surface area contributed by atoms with Crippen molar-refractivity contribution in [3.05, 3.63) is 29.8 Å². The average molecular weight is 264 g/mol. The van der Waals surface area contributed by atoms with E-state index >= 15 is 0 Å². The number of hydrogen-bond donors (Lipinski definition) is 1. The predicted octanol–water partition coefficient (Wildman–Crippen LogP) is 3.01. The minimum absolute atomic E-state index is 0.542. The van der Waals surface area contributed by atoms with Crippen LogP contribution >= 0.6 is 11.8 Å². The molecule has 1 aromatic rings. The predicted molar refractivity (Wildman–Crippen MR) is 80.2 cm³/mol. The number of rotatable bonds is 5. The Morgan fingerprint density at radius 1 is 1.33 bits per heavy atom. The normalized spacial score (nSPS) is 21.4. The first kappa shape index (κ1) is 13.9. The fourth-order valence-electron chi connectivity index (χ4n) is 2.87. The van der Waals surface area contributed by atoms with E-state index < -0.39 is 0 Å². The van der Waals surface area contributed by atoms with E-state index in [0.29, 0.717) is 6.04 Å². The molecule has 1 saturated heterocycles. The molecule has 1 aromatic carbocycles. The molecule has 18 heavy (non-hydrogen) atoms. The third kappa shape index (κ3) is 3.28. The van der Waals surface area contributed by atoms with Gasteiger partial charge in [0.05, 0.1) is 0 Å². The molecule has 2 nitrogen and oxygen atoms in total. The SMILES string of the molecule is CCSc1ccc(C(C2CCNC2)N(C)C)cc1. The first-order chi connectivity index (χ1) is 8.72. The van der Waals surface area contributed by atoms with Gasteiger partial charge in [0, 0.05) is 10.9 Å². The highest BCUT2D eigenvalue weighted by molar-refractivity contribution is 7.99. The number of hydrogen-bond acceptors (Lipinski definition) is 3. The summed E-state index contributed by atoms with van der Waals surface area (Å²) in [5.74, 6) is 1.88. The lowest BCUT2D eigenvalue weighted by molar-refractivity contribution is 0.223. The zero-order valence-corrected chi connectivity index (χ0v) is 12.5. The summed E-state index contributed by atoms with van der Waals surface area (Å²) in [5.41, 5.74) is 1.45. The van der Waals surface area contributed by atoms with Crippen LogP contribution in [0.2, 0.25) is 0 Å². The van der Waals surface area contributed by atoms with Crippen molar-refractivity contribution in [2.24, 2.45) is 5.92 Å². The number of nitrogens with zero attached hydrogens (tertiary/aromatic N) is 1. The maximum Gasteiger partial charge on any atom is 0.0382 e. The molecule has 1 aliphatic rings. The van der Waals surface area contributed by atoms with Gasteiger partial charge in [0.1, 0.15) is 0 Å². The molecular formula is C15H24N2S. The Hall–Kier alpha value is -0.510. The maximum absolute atomic E-state index is 3.48. The molecule has 100 valence electrons. The molecule has 2 rings (SSSR count). The summed E-state index contributed by atoms with van der Waals surface area (Å²) < 4.78 is 0. The summed E-state index contributed by atoms with van der Waals surface area (Å²) in [4.78, 5) is 3.74. The second kappa shape index (κ2) is 6.60. The van der Waals surface area contributed by atoms with Gasteiger partial charge in [-0.2, -0.15) is 0 Å². The lowest BCUT2D eigenvalue weighted by Crippen LogP contribution is -2.28. The van der Waals surface area contributed by atoms with Crippen LogP contribution in [-0.2, 0) is 0 Å². The van der Waals surface area contributed by atoms with Crippen LogP contribution in [0.1, 0.15) is 24.9 Å². The van der Waals surface area contributed by atoms with E-state index in [2.05, 4.69) is 55.5 Å². The van der Waals surface area contributed by atoms with Gasteiger partial charge in [-0.3, -0.25) is 0 Å². The van der Waals surface area contributed by atoms with Crippen molar-refractivity contribution in [2.45, 2.75) is 24.3 Å². The molecule has 1 N–H and O–H groups in total. The third-order valence-corrected chi connectivity index (χ3v) is 4.53. The van der Waals surface area contributed by atoms with Crippen LogP contribution in [0.15, 0.2) is 29.2 Å². The van der Waals surface area contributed by atoms with Crippen molar-refractivity contribution < 1.29 is 0 Å². The van der Waals surface area contributed by atoms with Crippen molar-refractivity contribution in [3.63, 3.8) is 0 Å². The highest BCUT2D eigenvalue weighted by Crippen LogP contribution is 2.31. The lowest BCUT2D eigenvalue weighted by atomic mass is 9.91. The molecular weight excluding hydrogens is 240 g/mol. The second-order valence-corrected chi connectivity index (χ2v) is 6.50. The number of nitrogens with one attached hydrogen (secondary N) is 1. The zero-order valence-electron chi connectivity index (χ0n) is 11.6. The lowest BCUT2D eigenvalue weighted by Gasteiger charge is -2.30. The van der Waals surface area contributed by atoms with Crippen molar-refractivity contribution in [1.82, 2.24) is 10.2 Å². The van der Waals surface area contributed by atoms with Gasteiger partial charge >= 0.3 is 0 Å². The zero-order chi connectivity index (χ0) is 13.0. The summed E-state index contributed by atoms with van der Waals surface area (Å²) in [7, 11) is 4.38. The van der Waals surface area contributed by atoms with E-state index in [-0.39, 0.29) is 0 Å². The summed E-state index contributed by atoms with van der Waals surface area (Å²) in [6.45, 7) is 4.51. The number of benzene rings is 1. The summed E-state index contributed by atoms with van der Waals surface area (Å²) >= 11 is 1.91. The van der Waals surface area contributed by atoms with E-state index in [1.165, 1.54) is 23.4 Å². The van der Waals surface area contributed by atoms with Crippen LogP contribution in [-0.4, -0.2) is 37.8 Å². The molecule has 0 saturated carbocycles. The van der Waals surface area contributed by atoms with Gasteiger partial charge in [0.2, 0.25) is 0 Å². The quantitative estimate of drug-likeness (QED) is 0.823. The first-order valence-corrected chi connectivity index (χ1v) is 7.81. The van der Waals surface area contributed by atoms with Gasteiger partial charge < -0.3 is 10.2 Å². The molecule has 0 aliphatic carbocycles. The van der Waals surface area contributed by atoms with E-state index in [0.717, 1.165) is 18.2 Å². The molecule has 0 radical (unpaired) electrons. The third-order valence-electron chi connectivity index (χ3n) is 3.63. The smallest absolute Gasteiger partial charge is 0.0382 e. The Morgan fingerprint density at radius 3 is 2.56 bits per heavy atom. The van der Waals surface area contributed by atoms with Gasteiger partial charge in [-0.1, -0.05) is 19.1 Å². The Morgan fingerprint density at radius 2 is 2.06 bits per heavy atom.